The van der Waals surface area contributed by atoms with E-state index in [2.05, 4.69) is 16.9 Å². The number of pyridine rings is 2. The molecule has 136 valence electrons. The highest BCUT2D eigenvalue weighted by atomic mass is 16.1. The first-order valence-electron chi connectivity index (χ1n) is 9.12. The molecule has 2 heterocycles. The van der Waals surface area contributed by atoms with Crippen LogP contribution < -0.4 is 10.9 Å². The quantitative estimate of drug-likeness (QED) is 0.867. The highest BCUT2D eigenvalue weighted by molar-refractivity contribution is 5.93. The summed E-state index contributed by atoms with van der Waals surface area (Å²) in [5.74, 6) is 0.412. The minimum Gasteiger partial charge on any atom is -0.348 e. The fourth-order valence-corrected chi connectivity index (χ4v) is 3.36. The van der Waals surface area contributed by atoms with E-state index in [0.29, 0.717) is 18.0 Å². The van der Waals surface area contributed by atoms with Crippen molar-refractivity contribution < 1.29 is 4.79 Å². The second kappa shape index (κ2) is 8.13. The maximum Gasteiger partial charge on any atom is 0.253 e. The van der Waals surface area contributed by atoms with Crippen LogP contribution in [0.1, 0.15) is 54.2 Å². The fourth-order valence-electron chi connectivity index (χ4n) is 3.36. The summed E-state index contributed by atoms with van der Waals surface area (Å²) in [6.07, 6.45) is 8.33. The smallest absolute Gasteiger partial charge is 0.253 e. The molecule has 2 aromatic heterocycles. The molecule has 1 amide bonds. The van der Waals surface area contributed by atoms with Crippen molar-refractivity contribution in [1.29, 1.82) is 0 Å². The van der Waals surface area contributed by atoms with Gasteiger partial charge >= 0.3 is 0 Å². The SMILES string of the molecule is C=C(C)c1ccc(C(=O)NCc2ccc(=O)n(CC3CCCC3)c2)cn1. The molecule has 0 bridgehead atoms. The largest absolute Gasteiger partial charge is 0.348 e. The van der Waals surface area contributed by atoms with E-state index in [1.54, 1.807) is 35.0 Å². The molecule has 1 fully saturated rings. The van der Waals surface area contributed by atoms with Gasteiger partial charge in [-0.2, -0.15) is 0 Å². The Morgan fingerprint density at radius 1 is 1.27 bits per heavy atom. The minimum absolute atomic E-state index is 0.0200. The van der Waals surface area contributed by atoms with Crippen LogP contribution in [0.2, 0.25) is 0 Å². The average molecular weight is 351 g/mol. The van der Waals surface area contributed by atoms with Gasteiger partial charge < -0.3 is 9.88 Å². The normalized spacial score (nSPS) is 14.3. The molecule has 1 aliphatic carbocycles. The lowest BCUT2D eigenvalue weighted by Gasteiger charge is -2.13. The predicted molar refractivity (Wildman–Crippen MR) is 103 cm³/mol. The first kappa shape index (κ1) is 18.1. The summed E-state index contributed by atoms with van der Waals surface area (Å²) < 4.78 is 1.78. The number of carbonyl (C=O) groups excluding carboxylic acids is 1. The third-order valence-electron chi connectivity index (χ3n) is 4.89. The van der Waals surface area contributed by atoms with Crippen LogP contribution in [-0.2, 0) is 13.1 Å². The Balaban J connectivity index is 1.62. The van der Waals surface area contributed by atoms with Crippen molar-refractivity contribution in [3.8, 4) is 0 Å². The van der Waals surface area contributed by atoms with E-state index in [4.69, 9.17) is 0 Å². The summed E-state index contributed by atoms with van der Waals surface area (Å²) in [4.78, 5) is 28.6. The van der Waals surface area contributed by atoms with Crippen LogP contribution in [0.5, 0.6) is 0 Å². The van der Waals surface area contributed by atoms with Gasteiger partial charge in [0, 0.05) is 31.5 Å². The van der Waals surface area contributed by atoms with Gasteiger partial charge in [-0.05, 0) is 49.0 Å². The zero-order valence-electron chi connectivity index (χ0n) is 15.2. The third-order valence-corrected chi connectivity index (χ3v) is 4.89. The number of rotatable bonds is 6. The minimum atomic E-state index is -0.181. The average Bonchev–Trinajstić information content (AvgIpc) is 3.15. The highest BCUT2D eigenvalue weighted by Gasteiger charge is 2.16. The first-order valence-corrected chi connectivity index (χ1v) is 9.12. The van der Waals surface area contributed by atoms with Crippen molar-refractivity contribution in [3.05, 3.63) is 70.4 Å². The molecule has 0 radical (unpaired) electrons. The molecule has 0 aromatic carbocycles. The summed E-state index contributed by atoms with van der Waals surface area (Å²) in [5.41, 5.74) is 3.09. The Kier molecular flexibility index (Phi) is 5.66. The number of aromatic nitrogens is 2. The molecule has 0 spiro atoms. The number of nitrogens with one attached hydrogen (secondary N) is 1. The van der Waals surface area contributed by atoms with Crippen molar-refractivity contribution in [1.82, 2.24) is 14.9 Å². The standard InChI is InChI=1S/C21H25N3O2/c1-15(2)19-9-8-18(12-22-19)21(26)23-11-17-7-10-20(25)24(14-17)13-16-5-3-4-6-16/h7-10,12,14,16H,1,3-6,11,13H2,2H3,(H,23,26). The molecular formula is C21H25N3O2. The summed E-state index contributed by atoms with van der Waals surface area (Å²) in [6.45, 7) is 6.87. The van der Waals surface area contributed by atoms with E-state index in [-0.39, 0.29) is 11.5 Å². The van der Waals surface area contributed by atoms with Gasteiger partial charge in [0.25, 0.3) is 11.5 Å². The summed E-state index contributed by atoms with van der Waals surface area (Å²) in [7, 11) is 0. The van der Waals surface area contributed by atoms with E-state index in [1.165, 1.54) is 25.7 Å². The molecule has 5 heteroatoms. The van der Waals surface area contributed by atoms with E-state index < -0.39 is 0 Å². The summed E-state index contributed by atoms with van der Waals surface area (Å²) in [5, 5.41) is 2.89. The van der Waals surface area contributed by atoms with Crippen LogP contribution >= 0.6 is 0 Å². The van der Waals surface area contributed by atoms with Crippen molar-refractivity contribution in [3.63, 3.8) is 0 Å². The van der Waals surface area contributed by atoms with Crippen molar-refractivity contribution >= 4 is 11.5 Å². The zero-order chi connectivity index (χ0) is 18.5. The Hall–Kier alpha value is -2.69. The molecule has 1 aliphatic rings. The Morgan fingerprint density at radius 3 is 2.69 bits per heavy atom. The third kappa shape index (κ3) is 4.48. The molecule has 0 aliphatic heterocycles. The molecule has 0 atom stereocenters. The molecule has 0 unspecified atom stereocenters. The molecule has 1 saturated carbocycles. The zero-order valence-corrected chi connectivity index (χ0v) is 15.2. The highest BCUT2D eigenvalue weighted by Crippen LogP contribution is 2.25. The van der Waals surface area contributed by atoms with Gasteiger partial charge in [-0.3, -0.25) is 14.6 Å². The van der Waals surface area contributed by atoms with Crippen molar-refractivity contribution in [2.45, 2.75) is 45.7 Å². The molecular weight excluding hydrogens is 326 g/mol. The molecule has 2 aromatic rings. The Labute approximate surface area is 153 Å². The predicted octanol–water partition coefficient (Wildman–Crippen LogP) is 3.40. The van der Waals surface area contributed by atoms with Gasteiger partial charge in [0.1, 0.15) is 0 Å². The number of amides is 1. The van der Waals surface area contributed by atoms with Gasteiger partial charge in [-0.25, -0.2) is 0 Å². The lowest BCUT2D eigenvalue weighted by atomic mass is 10.1. The van der Waals surface area contributed by atoms with Gasteiger partial charge in [0.05, 0.1) is 11.3 Å². The second-order valence-corrected chi connectivity index (χ2v) is 7.07. The molecule has 0 saturated heterocycles. The number of nitrogens with zero attached hydrogens (tertiary/aromatic N) is 2. The number of hydrogen-bond acceptors (Lipinski definition) is 3. The second-order valence-electron chi connectivity index (χ2n) is 7.07. The fraction of sp³-hybridized carbons (Fsp3) is 0.381. The Bertz CT molecular complexity index is 846. The maximum absolute atomic E-state index is 12.3. The topological polar surface area (TPSA) is 64.0 Å². The number of allylic oxidation sites excluding steroid dienone is 1. The van der Waals surface area contributed by atoms with Crippen LogP contribution in [0, 0.1) is 5.92 Å². The summed E-state index contributed by atoms with van der Waals surface area (Å²) >= 11 is 0. The maximum atomic E-state index is 12.3. The Morgan fingerprint density at radius 2 is 2.04 bits per heavy atom. The van der Waals surface area contributed by atoms with Gasteiger partial charge in [-0.1, -0.05) is 25.5 Å². The number of hydrogen-bond donors (Lipinski definition) is 1. The van der Waals surface area contributed by atoms with Gasteiger partial charge in [-0.15, -0.1) is 0 Å². The van der Waals surface area contributed by atoms with E-state index in [0.717, 1.165) is 23.4 Å². The first-order chi connectivity index (χ1) is 12.5. The van der Waals surface area contributed by atoms with Crippen LogP contribution in [0.25, 0.3) is 5.57 Å². The van der Waals surface area contributed by atoms with Crippen molar-refractivity contribution in [2.24, 2.45) is 5.92 Å². The van der Waals surface area contributed by atoms with Gasteiger partial charge in [0.2, 0.25) is 0 Å². The van der Waals surface area contributed by atoms with Gasteiger partial charge in [0.15, 0.2) is 0 Å². The number of carbonyl (C=O) groups is 1. The van der Waals surface area contributed by atoms with E-state index in [9.17, 15) is 9.59 Å². The van der Waals surface area contributed by atoms with Crippen LogP contribution in [0.4, 0.5) is 0 Å². The van der Waals surface area contributed by atoms with Crippen LogP contribution in [0.3, 0.4) is 0 Å². The van der Waals surface area contributed by atoms with Crippen LogP contribution in [0.15, 0.2) is 48.0 Å². The lowest BCUT2D eigenvalue weighted by Crippen LogP contribution is -2.26. The lowest BCUT2D eigenvalue weighted by molar-refractivity contribution is 0.0950. The summed E-state index contributed by atoms with van der Waals surface area (Å²) in [6, 6.07) is 6.89. The monoisotopic (exact) mass is 351 g/mol. The van der Waals surface area contributed by atoms with E-state index in [1.807, 2.05) is 13.1 Å². The molecule has 1 N–H and O–H groups in total. The van der Waals surface area contributed by atoms with E-state index >= 15 is 0 Å². The molecule has 26 heavy (non-hydrogen) atoms. The van der Waals surface area contributed by atoms with Crippen molar-refractivity contribution in [2.75, 3.05) is 0 Å². The molecule has 5 nitrogen and oxygen atoms in total. The van der Waals surface area contributed by atoms with Crippen LogP contribution in [-0.4, -0.2) is 15.5 Å². The molecule has 3 rings (SSSR count).